The van der Waals surface area contributed by atoms with Gasteiger partial charge in [-0.1, -0.05) is 58.0 Å². The van der Waals surface area contributed by atoms with Gasteiger partial charge >= 0.3 is 0 Å². The van der Waals surface area contributed by atoms with Crippen LogP contribution in [-0.4, -0.2) is 16.6 Å². The van der Waals surface area contributed by atoms with E-state index in [0.717, 1.165) is 10.0 Å². The van der Waals surface area contributed by atoms with E-state index >= 15 is 0 Å². The quantitative estimate of drug-likeness (QED) is 0.318. The molecule has 0 fully saturated rings. The summed E-state index contributed by atoms with van der Waals surface area (Å²) in [5.74, 6) is 0.521. The van der Waals surface area contributed by atoms with Crippen LogP contribution in [0.3, 0.4) is 0 Å². The Balaban J connectivity index is 1.64. The number of benzene rings is 2. The van der Waals surface area contributed by atoms with Crippen LogP contribution in [0, 0.1) is 11.3 Å². The molecule has 2 heterocycles. The molecule has 0 unspecified atom stereocenters. The van der Waals surface area contributed by atoms with Crippen molar-refractivity contribution in [2.75, 3.05) is 11.1 Å². The second-order valence-corrected chi connectivity index (χ2v) is 8.41. The highest BCUT2D eigenvalue weighted by Gasteiger charge is 2.18. The molecule has 7 heteroatoms. The zero-order valence-corrected chi connectivity index (χ0v) is 18.6. The van der Waals surface area contributed by atoms with Crippen LogP contribution in [0.1, 0.15) is 5.56 Å². The summed E-state index contributed by atoms with van der Waals surface area (Å²) in [7, 11) is 0. The highest BCUT2D eigenvalue weighted by molar-refractivity contribution is 9.10. The van der Waals surface area contributed by atoms with Crippen LogP contribution < -0.4 is 5.32 Å². The first kappa shape index (κ1) is 20.9. The predicted molar refractivity (Wildman–Crippen MR) is 126 cm³/mol. The van der Waals surface area contributed by atoms with Gasteiger partial charge in [0.15, 0.2) is 0 Å². The van der Waals surface area contributed by atoms with Gasteiger partial charge in [0, 0.05) is 21.3 Å². The molecule has 0 radical (unpaired) electrons. The normalized spacial score (nSPS) is 10.5. The third-order valence-electron chi connectivity index (χ3n) is 4.42. The van der Waals surface area contributed by atoms with Crippen LogP contribution in [0.15, 0.2) is 93.0 Å². The Kier molecular flexibility index (Phi) is 6.51. The van der Waals surface area contributed by atoms with Crippen molar-refractivity contribution in [1.29, 1.82) is 5.26 Å². The second-order valence-electron chi connectivity index (χ2n) is 6.53. The van der Waals surface area contributed by atoms with Crippen molar-refractivity contribution in [1.82, 2.24) is 4.98 Å². The molecule has 2 aromatic heterocycles. The Bertz CT molecular complexity index is 1230. The molecule has 0 saturated carbocycles. The Labute approximate surface area is 192 Å². The maximum absolute atomic E-state index is 12.5. The van der Waals surface area contributed by atoms with Crippen molar-refractivity contribution in [3.05, 3.63) is 89.1 Å². The van der Waals surface area contributed by atoms with Crippen molar-refractivity contribution in [3.63, 3.8) is 0 Å². The molecule has 5 nitrogen and oxygen atoms in total. The number of furan rings is 1. The molecule has 0 aliphatic rings. The van der Waals surface area contributed by atoms with E-state index in [1.807, 2.05) is 60.7 Å². The molecule has 2 aromatic carbocycles. The van der Waals surface area contributed by atoms with Crippen molar-refractivity contribution < 1.29 is 9.21 Å². The number of rotatable bonds is 6. The lowest BCUT2D eigenvalue weighted by Crippen LogP contribution is -2.14. The van der Waals surface area contributed by atoms with E-state index in [0.29, 0.717) is 33.3 Å². The lowest BCUT2D eigenvalue weighted by Gasteiger charge is -2.11. The van der Waals surface area contributed by atoms with E-state index < -0.39 is 0 Å². The number of halogens is 1. The summed E-state index contributed by atoms with van der Waals surface area (Å²) in [6.07, 6.45) is 1.57. The number of hydrogen-bond acceptors (Lipinski definition) is 5. The van der Waals surface area contributed by atoms with E-state index in [4.69, 9.17) is 4.42 Å². The SMILES string of the molecule is N#Cc1c(-c2ccco2)cc(-c2ccccc2)nc1SCC(=O)Nc1ccc(Br)cc1. The van der Waals surface area contributed by atoms with Gasteiger partial charge in [0.2, 0.25) is 5.91 Å². The highest BCUT2D eigenvalue weighted by atomic mass is 79.9. The fourth-order valence-corrected chi connectivity index (χ4v) is 4.05. The molecule has 0 bridgehead atoms. The van der Waals surface area contributed by atoms with E-state index in [1.165, 1.54) is 11.8 Å². The molecule has 0 aliphatic carbocycles. The van der Waals surface area contributed by atoms with Crippen LogP contribution >= 0.6 is 27.7 Å². The van der Waals surface area contributed by atoms with Crippen LogP contribution in [0.2, 0.25) is 0 Å². The predicted octanol–water partition coefficient (Wildman–Crippen LogP) is 6.37. The summed E-state index contributed by atoms with van der Waals surface area (Å²) in [5, 5.41) is 13.2. The van der Waals surface area contributed by atoms with Crippen molar-refractivity contribution in [3.8, 4) is 28.7 Å². The monoisotopic (exact) mass is 489 g/mol. The lowest BCUT2D eigenvalue weighted by molar-refractivity contribution is -0.113. The second kappa shape index (κ2) is 9.65. The molecule has 31 heavy (non-hydrogen) atoms. The Morgan fingerprint density at radius 3 is 2.55 bits per heavy atom. The number of carbonyl (C=O) groups excluding carboxylic acids is 1. The summed E-state index contributed by atoms with van der Waals surface area (Å²) < 4.78 is 6.49. The topological polar surface area (TPSA) is 78.9 Å². The van der Waals surface area contributed by atoms with Gasteiger partial charge in [-0.15, -0.1) is 0 Å². The maximum atomic E-state index is 12.5. The van der Waals surface area contributed by atoms with Crippen LogP contribution in [0.4, 0.5) is 5.69 Å². The van der Waals surface area contributed by atoms with Gasteiger partial charge in [0.05, 0.1) is 23.3 Å². The first-order valence-corrected chi connectivity index (χ1v) is 11.1. The van der Waals surface area contributed by atoms with Gasteiger partial charge in [-0.05, 0) is 42.5 Å². The zero-order chi connectivity index (χ0) is 21.6. The van der Waals surface area contributed by atoms with E-state index in [2.05, 4.69) is 32.3 Å². The minimum Gasteiger partial charge on any atom is -0.464 e. The minimum absolute atomic E-state index is 0.119. The summed E-state index contributed by atoms with van der Waals surface area (Å²) in [4.78, 5) is 17.2. The Morgan fingerprint density at radius 2 is 1.87 bits per heavy atom. The van der Waals surface area contributed by atoms with Gasteiger partial charge in [-0.3, -0.25) is 4.79 Å². The number of anilines is 1. The van der Waals surface area contributed by atoms with Crippen LogP contribution in [0.25, 0.3) is 22.6 Å². The number of hydrogen-bond donors (Lipinski definition) is 1. The smallest absolute Gasteiger partial charge is 0.234 e. The Morgan fingerprint density at radius 1 is 1.10 bits per heavy atom. The third-order valence-corrected chi connectivity index (χ3v) is 5.93. The van der Waals surface area contributed by atoms with E-state index in [9.17, 15) is 10.1 Å². The molecule has 0 spiro atoms. The van der Waals surface area contributed by atoms with Gasteiger partial charge in [0.1, 0.15) is 16.9 Å². The summed E-state index contributed by atoms with van der Waals surface area (Å²) in [6.45, 7) is 0. The first-order valence-electron chi connectivity index (χ1n) is 9.36. The largest absolute Gasteiger partial charge is 0.464 e. The number of thioether (sulfide) groups is 1. The van der Waals surface area contributed by atoms with Crippen molar-refractivity contribution in [2.45, 2.75) is 5.03 Å². The molecule has 0 atom stereocenters. The van der Waals surface area contributed by atoms with Crippen LogP contribution in [0.5, 0.6) is 0 Å². The van der Waals surface area contributed by atoms with Crippen molar-refractivity contribution >= 4 is 39.3 Å². The summed E-state index contributed by atoms with van der Waals surface area (Å²) in [6, 6.07) is 24.7. The minimum atomic E-state index is -0.178. The average Bonchev–Trinajstić information content (AvgIpc) is 3.34. The summed E-state index contributed by atoms with van der Waals surface area (Å²) in [5.41, 5.74) is 3.37. The molecule has 4 rings (SSSR count). The molecule has 0 saturated heterocycles. The van der Waals surface area contributed by atoms with E-state index in [-0.39, 0.29) is 11.7 Å². The maximum Gasteiger partial charge on any atom is 0.234 e. The van der Waals surface area contributed by atoms with Crippen molar-refractivity contribution in [2.24, 2.45) is 0 Å². The number of aromatic nitrogens is 1. The standard InChI is InChI=1S/C24H16BrN3O2S/c25-17-8-10-18(11-9-17)27-23(29)15-31-24-20(14-26)19(22-7-4-12-30-22)13-21(28-24)16-5-2-1-3-6-16/h1-13H,15H2,(H,27,29). The fourth-order valence-electron chi connectivity index (χ4n) is 2.98. The van der Waals surface area contributed by atoms with Crippen LogP contribution in [-0.2, 0) is 4.79 Å². The number of carbonyl (C=O) groups is 1. The number of nitrogens with zero attached hydrogens (tertiary/aromatic N) is 2. The molecule has 152 valence electrons. The molecule has 4 aromatic rings. The number of nitrogens with one attached hydrogen (secondary N) is 1. The van der Waals surface area contributed by atoms with Gasteiger partial charge in [0.25, 0.3) is 0 Å². The van der Waals surface area contributed by atoms with Gasteiger partial charge < -0.3 is 9.73 Å². The lowest BCUT2D eigenvalue weighted by atomic mass is 10.0. The van der Waals surface area contributed by atoms with Gasteiger partial charge in [-0.2, -0.15) is 5.26 Å². The molecule has 1 N–H and O–H groups in total. The molecule has 1 amide bonds. The Hall–Kier alpha value is -3.34. The summed E-state index contributed by atoms with van der Waals surface area (Å²) >= 11 is 4.60. The fraction of sp³-hybridized carbons (Fsp3) is 0.0417. The molecular weight excluding hydrogens is 474 g/mol. The zero-order valence-electron chi connectivity index (χ0n) is 16.2. The number of pyridine rings is 1. The van der Waals surface area contributed by atoms with Gasteiger partial charge in [-0.25, -0.2) is 4.98 Å². The third kappa shape index (κ3) is 5.05. The highest BCUT2D eigenvalue weighted by Crippen LogP contribution is 2.34. The first-order chi connectivity index (χ1) is 15.1. The van der Waals surface area contributed by atoms with E-state index in [1.54, 1.807) is 18.4 Å². The number of nitriles is 1. The molecule has 0 aliphatic heterocycles. The number of amides is 1. The molecular formula is C24H16BrN3O2S. The average molecular weight is 490 g/mol.